The van der Waals surface area contributed by atoms with Crippen LogP contribution >= 0.6 is 11.6 Å². The van der Waals surface area contributed by atoms with Gasteiger partial charge in [-0.05, 0) is 32.4 Å². The Labute approximate surface area is 113 Å². The highest BCUT2D eigenvalue weighted by Gasteiger charge is 2.19. The van der Waals surface area contributed by atoms with Crippen LogP contribution in [0.2, 0.25) is 5.02 Å². The number of nitrogens with zero attached hydrogens (tertiary/aromatic N) is 2. The second-order valence-corrected chi connectivity index (χ2v) is 4.87. The maximum absolute atomic E-state index is 12.2. The minimum atomic E-state index is -0.157. The SMILES string of the molecule is CCCNc1ccc(Cl)c(C(=O)N(C)C(C)C)n1. The molecule has 0 aliphatic rings. The highest BCUT2D eigenvalue weighted by atomic mass is 35.5. The van der Waals surface area contributed by atoms with E-state index in [-0.39, 0.29) is 11.9 Å². The number of hydrogen-bond donors (Lipinski definition) is 1. The van der Waals surface area contributed by atoms with Crippen LogP contribution in [0.3, 0.4) is 0 Å². The van der Waals surface area contributed by atoms with Gasteiger partial charge in [0.05, 0.1) is 5.02 Å². The average Bonchev–Trinajstić information content (AvgIpc) is 2.36. The third kappa shape index (κ3) is 3.60. The van der Waals surface area contributed by atoms with Gasteiger partial charge in [0.2, 0.25) is 0 Å². The van der Waals surface area contributed by atoms with E-state index in [9.17, 15) is 4.79 Å². The molecular weight excluding hydrogens is 250 g/mol. The van der Waals surface area contributed by atoms with Crippen LogP contribution in [0.25, 0.3) is 0 Å². The van der Waals surface area contributed by atoms with Crippen molar-refractivity contribution in [2.75, 3.05) is 18.9 Å². The molecule has 0 aliphatic carbocycles. The number of amides is 1. The summed E-state index contributed by atoms with van der Waals surface area (Å²) in [6.45, 7) is 6.79. The average molecular weight is 270 g/mol. The lowest BCUT2D eigenvalue weighted by molar-refractivity contribution is 0.0749. The zero-order valence-corrected chi connectivity index (χ0v) is 12.1. The van der Waals surface area contributed by atoms with Crippen molar-refractivity contribution in [1.82, 2.24) is 9.88 Å². The van der Waals surface area contributed by atoms with Crippen molar-refractivity contribution >= 4 is 23.3 Å². The summed E-state index contributed by atoms with van der Waals surface area (Å²) in [5.74, 6) is 0.525. The van der Waals surface area contributed by atoms with Gasteiger partial charge in [0, 0.05) is 19.6 Å². The normalized spacial score (nSPS) is 10.6. The third-order valence-electron chi connectivity index (χ3n) is 2.70. The van der Waals surface area contributed by atoms with Crippen LogP contribution < -0.4 is 5.32 Å². The third-order valence-corrected chi connectivity index (χ3v) is 3.00. The summed E-state index contributed by atoms with van der Waals surface area (Å²) < 4.78 is 0. The molecule has 1 heterocycles. The van der Waals surface area contributed by atoms with E-state index in [0.29, 0.717) is 16.5 Å². The summed E-state index contributed by atoms with van der Waals surface area (Å²) in [6.07, 6.45) is 0.999. The first kappa shape index (κ1) is 14.8. The van der Waals surface area contributed by atoms with Crippen LogP contribution in [0.5, 0.6) is 0 Å². The monoisotopic (exact) mass is 269 g/mol. The number of anilines is 1. The standard InChI is InChI=1S/C13H20ClN3O/c1-5-8-15-11-7-6-10(14)12(16-11)13(18)17(4)9(2)3/h6-7,9H,5,8H2,1-4H3,(H,15,16). The van der Waals surface area contributed by atoms with E-state index in [2.05, 4.69) is 17.2 Å². The number of pyridine rings is 1. The lowest BCUT2D eigenvalue weighted by atomic mass is 10.2. The highest BCUT2D eigenvalue weighted by molar-refractivity contribution is 6.33. The van der Waals surface area contributed by atoms with E-state index in [1.807, 2.05) is 13.8 Å². The van der Waals surface area contributed by atoms with Crippen LogP contribution in [0.15, 0.2) is 12.1 Å². The van der Waals surface area contributed by atoms with Crippen LogP contribution in [-0.2, 0) is 0 Å². The zero-order valence-electron chi connectivity index (χ0n) is 11.3. The van der Waals surface area contributed by atoms with Gasteiger partial charge in [-0.3, -0.25) is 4.79 Å². The molecule has 4 nitrogen and oxygen atoms in total. The van der Waals surface area contributed by atoms with Crippen LogP contribution in [0.4, 0.5) is 5.82 Å². The van der Waals surface area contributed by atoms with Crippen LogP contribution in [0.1, 0.15) is 37.7 Å². The number of rotatable bonds is 5. The van der Waals surface area contributed by atoms with E-state index in [0.717, 1.165) is 13.0 Å². The summed E-state index contributed by atoms with van der Waals surface area (Å²) in [5, 5.41) is 3.53. The van der Waals surface area contributed by atoms with Crippen LogP contribution in [0, 0.1) is 0 Å². The fraction of sp³-hybridized carbons (Fsp3) is 0.538. The fourth-order valence-electron chi connectivity index (χ4n) is 1.35. The summed E-state index contributed by atoms with van der Waals surface area (Å²) in [4.78, 5) is 18.1. The minimum Gasteiger partial charge on any atom is -0.370 e. The van der Waals surface area contributed by atoms with Gasteiger partial charge < -0.3 is 10.2 Å². The van der Waals surface area contributed by atoms with Crippen molar-refractivity contribution in [3.63, 3.8) is 0 Å². The van der Waals surface area contributed by atoms with Crippen molar-refractivity contribution in [1.29, 1.82) is 0 Å². The van der Waals surface area contributed by atoms with E-state index >= 15 is 0 Å². The largest absolute Gasteiger partial charge is 0.370 e. The molecule has 100 valence electrons. The van der Waals surface area contributed by atoms with Gasteiger partial charge in [-0.1, -0.05) is 18.5 Å². The molecule has 0 aromatic carbocycles. The summed E-state index contributed by atoms with van der Waals surface area (Å²) in [5.41, 5.74) is 0.300. The molecular formula is C13H20ClN3O. The molecule has 0 saturated heterocycles. The first-order valence-corrected chi connectivity index (χ1v) is 6.52. The molecule has 0 bridgehead atoms. The molecule has 0 spiro atoms. The van der Waals surface area contributed by atoms with E-state index in [1.54, 1.807) is 24.1 Å². The topological polar surface area (TPSA) is 45.2 Å². The van der Waals surface area contributed by atoms with E-state index in [1.165, 1.54) is 0 Å². The van der Waals surface area contributed by atoms with Gasteiger partial charge in [-0.2, -0.15) is 0 Å². The molecule has 1 aromatic heterocycles. The quantitative estimate of drug-likeness (QED) is 0.894. The Bertz CT molecular complexity index is 421. The number of aromatic nitrogens is 1. The Hall–Kier alpha value is -1.29. The second kappa shape index (κ2) is 6.59. The molecule has 1 amide bonds. The van der Waals surface area contributed by atoms with Gasteiger partial charge in [-0.15, -0.1) is 0 Å². The summed E-state index contributed by atoms with van der Waals surface area (Å²) in [6, 6.07) is 3.60. The fourth-order valence-corrected chi connectivity index (χ4v) is 1.53. The first-order valence-electron chi connectivity index (χ1n) is 6.15. The summed E-state index contributed by atoms with van der Waals surface area (Å²) >= 11 is 6.04. The maximum Gasteiger partial charge on any atom is 0.274 e. The Balaban J connectivity index is 2.96. The Morgan fingerprint density at radius 1 is 1.50 bits per heavy atom. The Morgan fingerprint density at radius 3 is 2.72 bits per heavy atom. The van der Waals surface area contributed by atoms with Gasteiger partial charge in [0.1, 0.15) is 11.5 Å². The molecule has 0 saturated carbocycles. The van der Waals surface area contributed by atoms with Crippen molar-refractivity contribution in [3.05, 3.63) is 22.8 Å². The molecule has 5 heteroatoms. The number of carbonyl (C=O) groups excluding carboxylic acids is 1. The molecule has 0 unspecified atom stereocenters. The van der Waals surface area contributed by atoms with Crippen molar-refractivity contribution in [2.45, 2.75) is 33.2 Å². The smallest absolute Gasteiger partial charge is 0.274 e. The van der Waals surface area contributed by atoms with Crippen molar-refractivity contribution in [3.8, 4) is 0 Å². The van der Waals surface area contributed by atoms with Crippen molar-refractivity contribution in [2.24, 2.45) is 0 Å². The first-order chi connectivity index (χ1) is 8.47. The predicted octanol–water partition coefficient (Wildman–Crippen LogP) is 3.04. The molecule has 1 aromatic rings. The van der Waals surface area contributed by atoms with Gasteiger partial charge in [0.15, 0.2) is 0 Å². The Morgan fingerprint density at radius 2 is 2.17 bits per heavy atom. The van der Waals surface area contributed by atoms with Gasteiger partial charge >= 0.3 is 0 Å². The lowest BCUT2D eigenvalue weighted by Gasteiger charge is -2.21. The molecule has 0 aliphatic heterocycles. The lowest BCUT2D eigenvalue weighted by Crippen LogP contribution is -2.33. The highest BCUT2D eigenvalue weighted by Crippen LogP contribution is 2.18. The molecule has 0 radical (unpaired) electrons. The number of hydrogen-bond acceptors (Lipinski definition) is 3. The number of halogens is 1. The zero-order chi connectivity index (χ0) is 13.7. The molecule has 18 heavy (non-hydrogen) atoms. The van der Waals surface area contributed by atoms with Crippen LogP contribution in [-0.4, -0.2) is 35.4 Å². The molecule has 0 atom stereocenters. The predicted molar refractivity (Wildman–Crippen MR) is 75.3 cm³/mol. The number of nitrogens with one attached hydrogen (secondary N) is 1. The molecule has 0 fully saturated rings. The van der Waals surface area contributed by atoms with E-state index < -0.39 is 0 Å². The Kier molecular flexibility index (Phi) is 5.41. The van der Waals surface area contributed by atoms with Gasteiger partial charge in [-0.25, -0.2) is 4.98 Å². The molecule has 1 N–H and O–H groups in total. The molecule has 1 rings (SSSR count). The van der Waals surface area contributed by atoms with E-state index in [4.69, 9.17) is 11.6 Å². The van der Waals surface area contributed by atoms with Gasteiger partial charge in [0.25, 0.3) is 5.91 Å². The minimum absolute atomic E-state index is 0.114. The number of carbonyl (C=O) groups is 1. The van der Waals surface area contributed by atoms with Crippen molar-refractivity contribution < 1.29 is 4.79 Å². The summed E-state index contributed by atoms with van der Waals surface area (Å²) in [7, 11) is 1.75. The second-order valence-electron chi connectivity index (χ2n) is 4.46. The maximum atomic E-state index is 12.2.